The number of hydrogen-bond donors (Lipinski definition) is 1. The largest absolute Gasteiger partial charge is 0.497 e. The van der Waals surface area contributed by atoms with E-state index in [4.69, 9.17) is 27.9 Å². The highest BCUT2D eigenvalue weighted by Gasteiger charge is 2.31. The molecule has 2 aromatic rings. The molecule has 0 saturated heterocycles. The normalized spacial score (nSPS) is 11.3. The summed E-state index contributed by atoms with van der Waals surface area (Å²) in [5.41, 5.74) is -0.539. The average molecular weight is 337 g/mol. The van der Waals surface area contributed by atoms with Crippen LogP contribution in [0.25, 0.3) is 0 Å². The van der Waals surface area contributed by atoms with E-state index < -0.39 is 11.7 Å². The minimum absolute atomic E-state index is 0.0648. The fraction of sp³-hybridized carbons (Fsp3) is 0.154. The predicted octanol–water partition coefficient (Wildman–Crippen LogP) is 5.16. The van der Waals surface area contributed by atoms with Crippen LogP contribution in [0.3, 0.4) is 0 Å². The van der Waals surface area contributed by atoms with E-state index in [0.717, 1.165) is 12.1 Å². The van der Waals surface area contributed by atoms with Crippen molar-refractivity contribution in [2.45, 2.75) is 6.18 Å². The number of alkyl halides is 3. The topological polar surface area (TPSA) is 34.1 Å². The summed E-state index contributed by atoms with van der Waals surface area (Å²) in [6, 6.07) is 6.32. The number of halogens is 5. The number of aromatic nitrogens is 1. The van der Waals surface area contributed by atoms with Crippen molar-refractivity contribution in [2.75, 3.05) is 12.4 Å². The van der Waals surface area contributed by atoms with Crippen molar-refractivity contribution in [3.8, 4) is 5.75 Å². The van der Waals surface area contributed by atoms with Gasteiger partial charge in [-0.15, -0.1) is 0 Å². The fourth-order valence-electron chi connectivity index (χ4n) is 1.59. The number of pyridine rings is 1. The molecule has 0 fully saturated rings. The van der Waals surface area contributed by atoms with Crippen molar-refractivity contribution >= 4 is 34.7 Å². The van der Waals surface area contributed by atoms with Crippen molar-refractivity contribution in [1.29, 1.82) is 0 Å². The van der Waals surface area contributed by atoms with Crippen molar-refractivity contribution in [3.63, 3.8) is 0 Å². The zero-order chi connectivity index (χ0) is 15.6. The van der Waals surface area contributed by atoms with Crippen LogP contribution in [0.1, 0.15) is 5.56 Å². The maximum Gasteiger partial charge on any atom is 0.416 e. The third-order valence-electron chi connectivity index (χ3n) is 2.56. The molecular weight excluding hydrogens is 328 g/mol. The number of nitrogens with one attached hydrogen (secondary N) is 1. The predicted molar refractivity (Wildman–Crippen MR) is 75.5 cm³/mol. The molecule has 1 N–H and O–H groups in total. The van der Waals surface area contributed by atoms with Gasteiger partial charge in [0.1, 0.15) is 16.7 Å². The quantitative estimate of drug-likeness (QED) is 0.786. The first-order valence-electron chi connectivity index (χ1n) is 5.65. The zero-order valence-electron chi connectivity index (χ0n) is 10.6. The van der Waals surface area contributed by atoms with E-state index >= 15 is 0 Å². The van der Waals surface area contributed by atoms with Crippen LogP contribution >= 0.6 is 23.2 Å². The molecule has 3 nitrogen and oxygen atoms in total. The highest BCUT2D eigenvalue weighted by Crippen LogP contribution is 2.34. The number of ether oxygens (including phenoxy) is 1. The number of methoxy groups -OCH3 is 1. The van der Waals surface area contributed by atoms with Gasteiger partial charge in [0.2, 0.25) is 0 Å². The molecule has 0 spiro atoms. The van der Waals surface area contributed by atoms with Crippen molar-refractivity contribution in [3.05, 3.63) is 46.1 Å². The monoisotopic (exact) mass is 336 g/mol. The third kappa shape index (κ3) is 3.92. The Labute approximate surface area is 128 Å². The lowest BCUT2D eigenvalue weighted by atomic mass is 10.2. The number of benzene rings is 1. The molecule has 0 amide bonds. The molecule has 0 atom stereocenters. The van der Waals surface area contributed by atoms with Crippen molar-refractivity contribution < 1.29 is 17.9 Å². The molecule has 0 unspecified atom stereocenters. The first-order valence-corrected chi connectivity index (χ1v) is 6.40. The van der Waals surface area contributed by atoms with Crippen LogP contribution in [0.5, 0.6) is 5.75 Å². The summed E-state index contributed by atoms with van der Waals surface area (Å²) in [5, 5.41) is 2.73. The van der Waals surface area contributed by atoms with Gasteiger partial charge in [0.05, 0.1) is 23.4 Å². The molecule has 2 rings (SSSR count). The first-order chi connectivity index (χ1) is 9.79. The minimum Gasteiger partial charge on any atom is -0.497 e. The summed E-state index contributed by atoms with van der Waals surface area (Å²) in [6.45, 7) is 0. The summed E-state index contributed by atoms with van der Waals surface area (Å²) < 4.78 is 43.2. The van der Waals surface area contributed by atoms with Crippen LogP contribution in [0, 0.1) is 0 Å². The Hall–Kier alpha value is -1.66. The van der Waals surface area contributed by atoms with E-state index in [-0.39, 0.29) is 11.0 Å². The summed E-state index contributed by atoms with van der Waals surface area (Å²) in [4.78, 5) is 3.79. The Kier molecular flexibility index (Phi) is 4.49. The smallest absolute Gasteiger partial charge is 0.416 e. The van der Waals surface area contributed by atoms with E-state index in [9.17, 15) is 13.2 Å². The summed E-state index contributed by atoms with van der Waals surface area (Å²) in [6.07, 6.45) is -4.51. The molecule has 0 saturated carbocycles. The van der Waals surface area contributed by atoms with Crippen molar-refractivity contribution in [2.24, 2.45) is 0 Å². The molecule has 8 heteroatoms. The molecule has 0 aliphatic heterocycles. The van der Waals surface area contributed by atoms with Gasteiger partial charge in [0.15, 0.2) is 0 Å². The Morgan fingerprint density at radius 3 is 2.48 bits per heavy atom. The third-order valence-corrected chi connectivity index (χ3v) is 3.08. The Morgan fingerprint density at radius 1 is 1.14 bits per heavy atom. The van der Waals surface area contributed by atoms with Gasteiger partial charge in [-0.3, -0.25) is 0 Å². The molecule has 1 aromatic heterocycles. The molecule has 1 heterocycles. The fourth-order valence-corrected chi connectivity index (χ4v) is 1.96. The number of rotatable bonds is 3. The second-order valence-electron chi connectivity index (χ2n) is 4.03. The summed E-state index contributed by atoms with van der Waals surface area (Å²) in [5.74, 6) is 0.435. The average Bonchev–Trinajstić information content (AvgIpc) is 2.39. The molecule has 112 valence electrons. The van der Waals surface area contributed by atoms with E-state index in [1.807, 2.05) is 0 Å². The zero-order valence-corrected chi connectivity index (χ0v) is 12.1. The van der Waals surface area contributed by atoms with Crippen LogP contribution in [-0.4, -0.2) is 12.1 Å². The second-order valence-corrected chi connectivity index (χ2v) is 4.83. The molecule has 0 aliphatic rings. The first kappa shape index (κ1) is 15.7. The molecule has 0 aliphatic carbocycles. The number of nitrogens with zero attached hydrogens (tertiary/aromatic N) is 1. The van der Waals surface area contributed by atoms with E-state index in [0.29, 0.717) is 16.5 Å². The van der Waals surface area contributed by atoms with E-state index in [2.05, 4.69) is 10.3 Å². The van der Waals surface area contributed by atoms with E-state index in [1.54, 1.807) is 12.1 Å². The van der Waals surface area contributed by atoms with Gasteiger partial charge in [-0.05, 0) is 24.3 Å². The SMILES string of the molecule is COc1ccc(Cl)c(Nc2cc(C(F)(F)F)cc(Cl)n2)c1. The Balaban J connectivity index is 2.38. The molecular formula is C13H9Cl2F3N2O. The van der Waals surface area contributed by atoms with Crippen molar-refractivity contribution in [1.82, 2.24) is 4.98 Å². The van der Waals surface area contributed by atoms with Crippen LogP contribution < -0.4 is 10.1 Å². The Morgan fingerprint density at radius 2 is 1.86 bits per heavy atom. The molecule has 0 bridgehead atoms. The lowest BCUT2D eigenvalue weighted by Crippen LogP contribution is -2.07. The lowest BCUT2D eigenvalue weighted by molar-refractivity contribution is -0.137. The van der Waals surface area contributed by atoms with E-state index in [1.165, 1.54) is 13.2 Å². The van der Waals surface area contributed by atoms with Gasteiger partial charge in [0, 0.05) is 6.07 Å². The highest BCUT2D eigenvalue weighted by molar-refractivity contribution is 6.33. The van der Waals surface area contributed by atoms with Gasteiger partial charge < -0.3 is 10.1 Å². The number of hydrogen-bond acceptors (Lipinski definition) is 3. The van der Waals surface area contributed by atoms with Gasteiger partial charge >= 0.3 is 6.18 Å². The van der Waals surface area contributed by atoms with Gasteiger partial charge in [0.25, 0.3) is 0 Å². The maximum absolute atomic E-state index is 12.7. The standard InChI is InChI=1S/C13H9Cl2F3N2O/c1-21-8-2-3-9(14)10(6-8)19-12-5-7(13(16,17)18)4-11(15)20-12/h2-6H,1H3,(H,19,20). The lowest BCUT2D eigenvalue weighted by Gasteiger charge is -2.12. The molecule has 0 radical (unpaired) electrons. The summed E-state index contributed by atoms with van der Waals surface area (Å²) >= 11 is 11.6. The van der Waals surface area contributed by atoms with Crippen LogP contribution in [0.15, 0.2) is 30.3 Å². The van der Waals surface area contributed by atoms with Crippen LogP contribution in [0.4, 0.5) is 24.7 Å². The molecule has 1 aromatic carbocycles. The second kappa shape index (κ2) is 5.99. The van der Waals surface area contributed by atoms with Gasteiger partial charge in [-0.25, -0.2) is 4.98 Å². The maximum atomic E-state index is 12.7. The highest BCUT2D eigenvalue weighted by atomic mass is 35.5. The Bertz CT molecular complexity index is 662. The van der Waals surface area contributed by atoms with Crippen LogP contribution in [-0.2, 0) is 6.18 Å². The van der Waals surface area contributed by atoms with Crippen LogP contribution in [0.2, 0.25) is 10.2 Å². The molecule has 21 heavy (non-hydrogen) atoms. The van der Waals surface area contributed by atoms with Gasteiger partial charge in [-0.1, -0.05) is 23.2 Å². The minimum atomic E-state index is -4.51. The number of anilines is 2. The van der Waals surface area contributed by atoms with Gasteiger partial charge in [-0.2, -0.15) is 13.2 Å². The summed E-state index contributed by atoms with van der Waals surface area (Å²) in [7, 11) is 1.46.